The highest BCUT2D eigenvalue weighted by Crippen LogP contribution is 2.16. The standard InChI is InChI=1S/C14H27NO4/c1-4-8-15-14(3,13(16)18-5-2)7-6-9-19-12-10-17-11-12/h12,15H,4-11H2,1-3H3. The van der Waals surface area contributed by atoms with Gasteiger partial charge in [0, 0.05) is 6.61 Å². The van der Waals surface area contributed by atoms with Gasteiger partial charge in [0.25, 0.3) is 0 Å². The number of hydrogen-bond donors (Lipinski definition) is 1. The lowest BCUT2D eigenvalue weighted by Gasteiger charge is -2.30. The Morgan fingerprint density at radius 2 is 2.16 bits per heavy atom. The van der Waals surface area contributed by atoms with Crippen molar-refractivity contribution in [2.75, 3.05) is 33.0 Å². The maximum absolute atomic E-state index is 12.0. The number of rotatable bonds is 10. The Bertz CT molecular complexity index is 268. The predicted molar refractivity (Wildman–Crippen MR) is 73.1 cm³/mol. The van der Waals surface area contributed by atoms with E-state index in [-0.39, 0.29) is 12.1 Å². The molecule has 0 radical (unpaired) electrons. The molecule has 1 unspecified atom stereocenters. The van der Waals surface area contributed by atoms with Crippen molar-refractivity contribution in [1.82, 2.24) is 5.32 Å². The molecule has 1 rings (SSSR count). The van der Waals surface area contributed by atoms with Gasteiger partial charge in [-0.15, -0.1) is 0 Å². The summed E-state index contributed by atoms with van der Waals surface area (Å²) in [5, 5.41) is 3.29. The van der Waals surface area contributed by atoms with E-state index in [1.54, 1.807) is 0 Å². The van der Waals surface area contributed by atoms with Crippen LogP contribution in [0, 0.1) is 0 Å². The fourth-order valence-electron chi connectivity index (χ4n) is 1.94. The van der Waals surface area contributed by atoms with Crippen molar-refractivity contribution in [1.29, 1.82) is 0 Å². The average molecular weight is 273 g/mol. The average Bonchev–Trinajstić information content (AvgIpc) is 2.34. The Kier molecular flexibility index (Phi) is 7.34. The molecule has 1 aliphatic heterocycles. The topological polar surface area (TPSA) is 56.8 Å². The normalized spacial score (nSPS) is 18.7. The molecule has 1 saturated heterocycles. The van der Waals surface area contributed by atoms with Crippen molar-refractivity contribution in [2.45, 2.75) is 51.7 Å². The van der Waals surface area contributed by atoms with Gasteiger partial charge in [-0.3, -0.25) is 4.79 Å². The summed E-state index contributed by atoms with van der Waals surface area (Å²) >= 11 is 0. The summed E-state index contributed by atoms with van der Waals surface area (Å²) in [6.07, 6.45) is 2.80. The van der Waals surface area contributed by atoms with Crippen molar-refractivity contribution in [2.24, 2.45) is 0 Å². The van der Waals surface area contributed by atoms with Gasteiger partial charge in [0.2, 0.25) is 0 Å². The first-order valence-corrected chi connectivity index (χ1v) is 7.24. The zero-order valence-corrected chi connectivity index (χ0v) is 12.4. The number of esters is 1. The highest BCUT2D eigenvalue weighted by atomic mass is 16.6. The van der Waals surface area contributed by atoms with E-state index in [0.29, 0.717) is 26.4 Å². The second kappa shape index (κ2) is 8.51. The molecule has 5 heteroatoms. The highest BCUT2D eigenvalue weighted by Gasteiger charge is 2.33. The summed E-state index contributed by atoms with van der Waals surface area (Å²) in [6, 6.07) is 0. The number of hydrogen-bond acceptors (Lipinski definition) is 5. The van der Waals surface area contributed by atoms with Crippen molar-refractivity contribution < 1.29 is 19.0 Å². The molecular weight excluding hydrogens is 246 g/mol. The number of ether oxygens (including phenoxy) is 3. The van der Waals surface area contributed by atoms with Crippen LogP contribution in [0.3, 0.4) is 0 Å². The second-order valence-electron chi connectivity index (χ2n) is 5.11. The van der Waals surface area contributed by atoms with Gasteiger partial charge in [-0.25, -0.2) is 0 Å². The van der Waals surface area contributed by atoms with Crippen molar-refractivity contribution in [3.05, 3.63) is 0 Å². The molecule has 1 heterocycles. The van der Waals surface area contributed by atoms with Crippen LogP contribution in [0.4, 0.5) is 0 Å². The lowest BCUT2D eigenvalue weighted by Crippen LogP contribution is -2.51. The van der Waals surface area contributed by atoms with Gasteiger partial charge >= 0.3 is 5.97 Å². The van der Waals surface area contributed by atoms with E-state index in [4.69, 9.17) is 14.2 Å². The largest absolute Gasteiger partial charge is 0.465 e. The summed E-state index contributed by atoms with van der Waals surface area (Å²) < 4.78 is 15.8. The molecule has 0 aliphatic carbocycles. The lowest BCUT2D eigenvalue weighted by molar-refractivity contribution is -0.151. The van der Waals surface area contributed by atoms with Gasteiger partial charge in [-0.1, -0.05) is 6.92 Å². The Balaban J connectivity index is 2.31. The minimum absolute atomic E-state index is 0.171. The molecule has 19 heavy (non-hydrogen) atoms. The quantitative estimate of drug-likeness (QED) is 0.483. The lowest BCUT2D eigenvalue weighted by atomic mass is 9.95. The molecule has 1 N–H and O–H groups in total. The van der Waals surface area contributed by atoms with Gasteiger partial charge in [-0.2, -0.15) is 0 Å². The fourth-order valence-corrected chi connectivity index (χ4v) is 1.94. The minimum Gasteiger partial charge on any atom is -0.465 e. The van der Waals surface area contributed by atoms with Crippen LogP contribution in [0.1, 0.15) is 40.0 Å². The van der Waals surface area contributed by atoms with Gasteiger partial charge in [0.15, 0.2) is 0 Å². The van der Waals surface area contributed by atoms with Crippen LogP contribution >= 0.6 is 0 Å². The smallest absolute Gasteiger partial charge is 0.326 e. The van der Waals surface area contributed by atoms with Crippen molar-refractivity contribution in [3.8, 4) is 0 Å². The van der Waals surface area contributed by atoms with Crippen molar-refractivity contribution in [3.63, 3.8) is 0 Å². The first-order chi connectivity index (χ1) is 9.12. The van der Waals surface area contributed by atoms with Crippen molar-refractivity contribution >= 4 is 5.97 Å². The molecular formula is C14H27NO4. The summed E-state index contributed by atoms with van der Waals surface area (Å²) in [6.45, 7) is 9.11. The van der Waals surface area contributed by atoms with Crippen LogP contribution in [0.15, 0.2) is 0 Å². The predicted octanol–water partition coefficient (Wildman–Crippen LogP) is 1.50. The Hall–Kier alpha value is -0.650. The third-order valence-electron chi connectivity index (χ3n) is 3.27. The van der Waals surface area contributed by atoms with E-state index in [1.165, 1.54) is 0 Å². The monoisotopic (exact) mass is 273 g/mol. The van der Waals surface area contributed by atoms with Gasteiger partial charge in [0.1, 0.15) is 11.6 Å². The molecule has 0 amide bonds. The Labute approximate surface area is 116 Å². The molecule has 112 valence electrons. The molecule has 1 fully saturated rings. The van der Waals surface area contributed by atoms with Gasteiger partial charge in [-0.05, 0) is 39.7 Å². The van der Waals surface area contributed by atoms with Crippen LogP contribution in [0.5, 0.6) is 0 Å². The zero-order valence-electron chi connectivity index (χ0n) is 12.4. The maximum atomic E-state index is 12.0. The van der Waals surface area contributed by atoms with E-state index in [0.717, 1.165) is 25.8 Å². The SMILES string of the molecule is CCCNC(C)(CCCOC1COC1)C(=O)OCC. The van der Waals surface area contributed by atoms with E-state index in [1.807, 2.05) is 13.8 Å². The highest BCUT2D eigenvalue weighted by molar-refractivity contribution is 5.80. The molecule has 5 nitrogen and oxygen atoms in total. The molecule has 1 atom stereocenters. The summed E-state index contributed by atoms with van der Waals surface area (Å²) in [4.78, 5) is 12.0. The summed E-state index contributed by atoms with van der Waals surface area (Å²) in [7, 11) is 0. The summed E-state index contributed by atoms with van der Waals surface area (Å²) in [5.41, 5.74) is -0.606. The van der Waals surface area contributed by atoms with E-state index in [9.17, 15) is 4.79 Å². The minimum atomic E-state index is -0.606. The maximum Gasteiger partial charge on any atom is 0.326 e. The van der Waals surface area contributed by atoms with E-state index >= 15 is 0 Å². The molecule has 0 saturated carbocycles. The Morgan fingerprint density at radius 1 is 1.42 bits per heavy atom. The first-order valence-electron chi connectivity index (χ1n) is 7.24. The molecule has 0 aromatic heterocycles. The van der Waals surface area contributed by atoms with Crippen LogP contribution in [-0.4, -0.2) is 50.6 Å². The van der Waals surface area contributed by atoms with E-state index in [2.05, 4.69) is 12.2 Å². The van der Waals surface area contributed by atoms with E-state index < -0.39 is 5.54 Å². The first kappa shape index (κ1) is 16.4. The number of carbonyl (C=O) groups excluding carboxylic acids is 1. The van der Waals surface area contributed by atoms with Crippen LogP contribution < -0.4 is 5.32 Å². The Morgan fingerprint density at radius 3 is 2.68 bits per heavy atom. The molecule has 0 spiro atoms. The zero-order chi connectivity index (χ0) is 14.1. The third kappa shape index (κ3) is 5.47. The third-order valence-corrected chi connectivity index (χ3v) is 3.27. The van der Waals surface area contributed by atoms with Crippen LogP contribution in [0.25, 0.3) is 0 Å². The molecule has 0 bridgehead atoms. The molecule has 0 aromatic rings. The van der Waals surface area contributed by atoms with Crippen LogP contribution in [0.2, 0.25) is 0 Å². The summed E-state index contributed by atoms with van der Waals surface area (Å²) in [5.74, 6) is -0.171. The van der Waals surface area contributed by atoms with Gasteiger partial charge < -0.3 is 19.5 Å². The van der Waals surface area contributed by atoms with Gasteiger partial charge in [0.05, 0.1) is 19.8 Å². The molecule has 1 aliphatic rings. The number of nitrogens with one attached hydrogen (secondary N) is 1. The second-order valence-corrected chi connectivity index (χ2v) is 5.11. The fraction of sp³-hybridized carbons (Fsp3) is 0.929. The molecule has 0 aromatic carbocycles. The van der Waals surface area contributed by atoms with Crippen LogP contribution in [-0.2, 0) is 19.0 Å². The number of carbonyl (C=O) groups is 1.